The Morgan fingerprint density at radius 3 is 1.38 bits per heavy atom. The zero-order valence-corrected chi connectivity index (χ0v) is 19.9. The highest BCUT2D eigenvalue weighted by Gasteiger charge is 2.21. The second-order valence-corrected chi connectivity index (χ2v) is 9.51. The zero-order chi connectivity index (χ0) is 20.8. The number of ether oxygens (including phenoxy) is 1. The van der Waals surface area contributed by atoms with Crippen LogP contribution >= 0.6 is 0 Å². The van der Waals surface area contributed by atoms with Gasteiger partial charge in [-0.1, -0.05) is 135 Å². The Morgan fingerprint density at radius 2 is 0.966 bits per heavy atom. The number of esters is 1. The molecule has 2 heteroatoms. The summed E-state index contributed by atoms with van der Waals surface area (Å²) in [5.74, 6) is 0.288. The van der Waals surface area contributed by atoms with Crippen molar-refractivity contribution in [3.63, 3.8) is 0 Å². The number of unbranched alkanes of at least 4 members (excludes halogenated alkanes) is 17. The lowest BCUT2D eigenvalue weighted by molar-refractivity contribution is -0.149. The van der Waals surface area contributed by atoms with Gasteiger partial charge in [-0.25, -0.2) is 0 Å². The molecule has 29 heavy (non-hydrogen) atoms. The molecule has 0 aromatic carbocycles. The molecule has 0 bridgehead atoms. The molecule has 1 rings (SSSR count). The van der Waals surface area contributed by atoms with E-state index < -0.39 is 0 Å². The van der Waals surface area contributed by atoms with Crippen LogP contribution in [0.3, 0.4) is 0 Å². The first kappa shape index (κ1) is 26.5. The van der Waals surface area contributed by atoms with Crippen LogP contribution < -0.4 is 0 Å². The lowest BCUT2D eigenvalue weighted by atomic mass is 9.89. The van der Waals surface area contributed by atoms with E-state index in [1.165, 1.54) is 128 Å². The van der Waals surface area contributed by atoms with Gasteiger partial charge in [0.1, 0.15) is 0 Å². The number of carbonyl (C=O) groups is 1. The van der Waals surface area contributed by atoms with Crippen LogP contribution in [0.2, 0.25) is 0 Å². The standard InChI is InChI=1S/C27H52O2/c1-2-3-4-5-6-7-8-9-10-11-12-13-14-15-16-17-18-22-25-29-27(28)26-23-20-19-21-24-26/h26H,2-25H2,1H3. The van der Waals surface area contributed by atoms with Gasteiger partial charge in [0.25, 0.3) is 0 Å². The van der Waals surface area contributed by atoms with Gasteiger partial charge in [0.05, 0.1) is 12.5 Å². The molecule has 172 valence electrons. The highest BCUT2D eigenvalue weighted by atomic mass is 16.5. The first-order chi connectivity index (χ1) is 14.3. The minimum atomic E-state index is 0.0803. The molecule has 0 amide bonds. The van der Waals surface area contributed by atoms with Crippen molar-refractivity contribution in [2.45, 2.75) is 155 Å². The molecule has 0 radical (unpaired) electrons. The third-order valence-electron chi connectivity index (χ3n) is 6.68. The second-order valence-electron chi connectivity index (χ2n) is 9.51. The van der Waals surface area contributed by atoms with Crippen molar-refractivity contribution in [3.8, 4) is 0 Å². The molecule has 0 spiro atoms. The monoisotopic (exact) mass is 408 g/mol. The van der Waals surface area contributed by atoms with Gasteiger partial charge >= 0.3 is 5.97 Å². The second kappa shape index (κ2) is 20.7. The normalized spacial score (nSPS) is 14.9. The third kappa shape index (κ3) is 16.9. The van der Waals surface area contributed by atoms with E-state index in [1.807, 2.05) is 0 Å². The van der Waals surface area contributed by atoms with Gasteiger partial charge in [0.15, 0.2) is 0 Å². The van der Waals surface area contributed by atoms with Crippen LogP contribution in [0.25, 0.3) is 0 Å². The quantitative estimate of drug-likeness (QED) is 0.148. The van der Waals surface area contributed by atoms with Crippen LogP contribution in [0.15, 0.2) is 0 Å². The molecule has 0 N–H and O–H groups in total. The molecule has 0 aliphatic heterocycles. The molecule has 1 saturated carbocycles. The van der Waals surface area contributed by atoms with Crippen LogP contribution in [0, 0.1) is 5.92 Å². The average molecular weight is 409 g/mol. The minimum Gasteiger partial charge on any atom is -0.465 e. The average Bonchev–Trinajstić information content (AvgIpc) is 2.75. The summed E-state index contributed by atoms with van der Waals surface area (Å²) in [6.07, 6.45) is 30.8. The van der Waals surface area contributed by atoms with Crippen molar-refractivity contribution in [2.24, 2.45) is 5.92 Å². The predicted octanol–water partition coefficient (Wildman–Crippen LogP) is 9.15. The fourth-order valence-corrected chi connectivity index (χ4v) is 4.63. The predicted molar refractivity (Wildman–Crippen MR) is 126 cm³/mol. The Balaban J connectivity index is 1.69. The molecular formula is C27H52O2. The van der Waals surface area contributed by atoms with E-state index in [2.05, 4.69) is 6.92 Å². The topological polar surface area (TPSA) is 26.3 Å². The summed E-state index contributed by atoms with van der Waals surface area (Å²) >= 11 is 0. The zero-order valence-electron chi connectivity index (χ0n) is 19.9. The Kier molecular flexibility index (Phi) is 18.9. The van der Waals surface area contributed by atoms with Crippen molar-refractivity contribution >= 4 is 5.97 Å². The first-order valence-corrected chi connectivity index (χ1v) is 13.5. The maximum Gasteiger partial charge on any atom is 0.308 e. The van der Waals surface area contributed by atoms with Gasteiger partial charge in [0.2, 0.25) is 0 Å². The van der Waals surface area contributed by atoms with E-state index in [1.54, 1.807) is 0 Å². The molecule has 2 nitrogen and oxygen atoms in total. The van der Waals surface area contributed by atoms with Crippen LogP contribution in [0.5, 0.6) is 0 Å². The van der Waals surface area contributed by atoms with E-state index in [9.17, 15) is 4.79 Å². The van der Waals surface area contributed by atoms with Crippen molar-refractivity contribution in [2.75, 3.05) is 6.61 Å². The Hall–Kier alpha value is -0.530. The molecule has 0 aromatic rings. The Morgan fingerprint density at radius 1 is 0.586 bits per heavy atom. The fourth-order valence-electron chi connectivity index (χ4n) is 4.63. The minimum absolute atomic E-state index is 0.0803. The third-order valence-corrected chi connectivity index (χ3v) is 6.68. The number of carbonyl (C=O) groups excluding carboxylic acids is 1. The Labute approximate surface area is 182 Å². The van der Waals surface area contributed by atoms with Crippen LogP contribution in [0.4, 0.5) is 0 Å². The summed E-state index contributed by atoms with van der Waals surface area (Å²) in [7, 11) is 0. The van der Waals surface area contributed by atoms with Crippen molar-refractivity contribution in [3.05, 3.63) is 0 Å². The molecule has 1 aliphatic rings. The van der Waals surface area contributed by atoms with Crippen molar-refractivity contribution in [1.29, 1.82) is 0 Å². The number of hydrogen-bond donors (Lipinski definition) is 0. The molecule has 0 aromatic heterocycles. The number of hydrogen-bond acceptors (Lipinski definition) is 2. The molecule has 1 aliphatic carbocycles. The SMILES string of the molecule is CCCCCCCCCCCCCCCCCCCCOC(=O)C1CCCCC1. The lowest BCUT2D eigenvalue weighted by Gasteiger charge is -2.19. The summed E-state index contributed by atoms with van der Waals surface area (Å²) < 4.78 is 5.47. The molecule has 0 unspecified atom stereocenters. The van der Waals surface area contributed by atoms with Crippen molar-refractivity contribution in [1.82, 2.24) is 0 Å². The highest BCUT2D eigenvalue weighted by Crippen LogP contribution is 2.24. The van der Waals surface area contributed by atoms with E-state index in [4.69, 9.17) is 4.74 Å². The van der Waals surface area contributed by atoms with Crippen LogP contribution in [-0.2, 0) is 9.53 Å². The summed E-state index contributed by atoms with van der Waals surface area (Å²) in [6, 6.07) is 0. The van der Waals surface area contributed by atoms with E-state index in [0.29, 0.717) is 6.61 Å². The van der Waals surface area contributed by atoms with E-state index in [0.717, 1.165) is 19.3 Å². The fraction of sp³-hybridized carbons (Fsp3) is 0.963. The van der Waals surface area contributed by atoms with E-state index >= 15 is 0 Å². The molecule has 1 fully saturated rings. The highest BCUT2D eigenvalue weighted by molar-refractivity contribution is 5.72. The van der Waals surface area contributed by atoms with Gasteiger partial charge in [0, 0.05) is 0 Å². The van der Waals surface area contributed by atoms with Gasteiger partial charge in [-0.05, 0) is 19.3 Å². The van der Waals surface area contributed by atoms with Gasteiger partial charge in [-0.15, -0.1) is 0 Å². The summed E-state index contributed by atoms with van der Waals surface area (Å²) in [6.45, 7) is 2.94. The van der Waals surface area contributed by atoms with E-state index in [-0.39, 0.29) is 11.9 Å². The summed E-state index contributed by atoms with van der Waals surface area (Å²) in [5.41, 5.74) is 0. The summed E-state index contributed by atoms with van der Waals surface area (Å²) in [5, 5.41) is 0. The molecular weight excluding hydrogens is 356 g/mol. The largest absolute Gasteiger partial charge is 0.465 e. The maximum absolute atomic E-state index is 12.0. The first-order valence-electron chi connectivity index (χ1n) is 13.5. The van der Waals surface area contributed by atoms with Crippen molar-refractivity contribution < 1.29 is 9.53 Å². The van der Waals surface area contributed by atoms with Gasteiger partial charge < -0.3 is 4.74 Å². The smallest absolute Gasteiger partial charge is 0.308 e. The molecule has 0 heterocycles. The lowest BCUT2D eigenvalue weighted by Crippen LogP contribution is -2.20. The summed E-state index contributed by atoms with van der Waals surface area (Å²) in [4.78, 5) is 12.0. The molecule has 0 saturated heterocycles. The molecule has 0 atom stereocenters. The van der Waals surface area contributed by atoms with Crippen LogP contribution in [0.1, 0.15) is 155 Å². The van der Waals surface area contributed by atoms with Gasteiger partial charge in [-0.2, -0.15) is 0 Å². The maximum atomic E-state index is 12.0. The van der Waals surface area contributed by atoms with Gasteiger partial charge in [-0.3, -0.25) is 4.79 Å². The Bertz CT molecular complexity index is 346. The number of rotatable bonds is 20. The van der Waals surface area contributed by atoms with Crippen LogP contribution in [-0.4, -0.2) is 12.6 Å².